The topological polar surface area (TPSA) is 133 Å². The third-order valence-corrected chi connectivity index (χ3v) is 9.40. The number of aliphatic hydroxyl groups is 1. The Balaban J connectivity index is 0.00000220. The molecule has 2 aromatic carbocycles. The molecule has 3 aliphatic carbocycles. The van der Waals surface area contributed by atoms with Crippen molar-refractivity contribution in [2.75, 3.05) is 13.1 Å². The predicted octanol–water partition coefficient (Wildman–Crippen LogP) is 2.90. The number of aliphatic imine (C=N–C) groups is 1. The second kappa shape index (κ2) is 7.09. The molecule has 8 rings (SSSR count). The highest BCUT2D eigenvalue weighted by molar-refractivity contribution is 5.90. The summed E-state index contributed by atoms with van der Waals surface area (Å²) in [4.78, 5) is 10.4. The van der Waals surface area contributed by atoms with Crippen LogP contribution in [0.4, 0.5) is 5.69 Å². The van der Waals surface area contributed by atoms with E-state index in [4.69, 9.17) is 16.2 Å². The highest BCUT2D eigenvalue weighted by atomic mass is 35.5. The number of hydrogen-bond acceptors (Lipinski definition) is 5. The summed E-state index contributed by atoms with van der Waals surface area (Å²) in [5.74, 6) is 1.47. The number of ether oxygens (including phenoxy) is 1. The number of piperidine rings is 1. The molecule has 36 heavy (non-hydrogen) atoms. The standard InChI is InChI=1S/C27H29N5O3.ClH/c28-25(29)30-15-4-5-16-17-11-27(34)20-9-14-3-6-19(33)23-21(14)26(27,7-8-32(20)12-13-1-2-13)24(35-23)22(17)31-18(16)10-15;/h3-6,10,13,20,24,31,33-34H,1-2,7-9,11-12H2,(H4,28,29,30);1H/t20-,24+,26+,27-;/m1./s1. The van der Waals surface area contributed by atoms with Crippen molar-refractivity contribution in [3.63, 3.8) is 0 Å². The van der Waals surface area contributed by atoms with Crippen LogP contribution in [0.15, 0.2) is 35.3 Å². The van der Waals surface area contributed by atoms with Gasteiger partial charge in [0, 0.05) is 35.5 Å². The number of guanidine groups is 1. The first kappa shape index (κ1) is 22.3. The van der Waals surface area contributed by atoms with Crippen LogP contribution in [0, 0.1) is 5.92 Å². The third kappa shape index (κ3) is 2.59. The van der Waals surface area contributed by atoms with Crippen LogP contribution in [-0.2, 0) is 18.3 Å². The minimum atomic E-state index is -0.989. The zero-order chi connectivity index (χ0) is 23.7. The van der Waals surface area contributed by atoms with Gasteiger partial charge in [-0.15, -0.1) is 12.4 Å². The zero-order valence-corrected chi connectivity index (χ0v) is 20.6. The molecule has 1 saturated carbocycles. The molecule has 9 heteroatoms. The number of likely N-dealkylation sites (tertiary alicyclic amines) is 1. The lowest BCUT2D eigenvalue weighted by molar-refractivity contribution is -0.173. The van der Waals surface area contributed by atoms with Crippen molar-refractivity contribution >= 4 is 35.0 Å². The van der Waals surface area contributed by atoms with Gasteiger partial charge in [-0.3, -0.25) is 4.90 Å². The number of nitrogens with zero attached hydrogens (tertiary/aromatic N) is 2. The molecule has 0 amide bonds. The summed E-state index contributed by atoms with van der Waals surface area (Å²) in [6.07, 6.45) is 4.31. The number of benzene rings is 2. The molecule has 0 unspecified atom stereocenters. The van der Waals surface area contributed by atoms with Gasteiger partial charge in [-0.2, -0.15) is 0 Å². The molecule has 2 aliphatic heterocycles. The molecule has 0 radical (unpaired) electrons. The smallest absolute Gasteiger partial charge is 0.191 e. The van der Waals surface area contributed by atoms with E-state index in [9.17, 15) is 10.2 Å². The maximum absolute atomic E-state index is 12.8. The Morgan fingerprint density at radius 1 is 1.22 bits per heavy atom. The van der Waals surface area contributed by atoms with Gasteiger partial charge in [0.15, 0.2) is 23.6 Å². The van der Waals surface area contributed by atoms with Crippen LogP contribution >= 0.6 is 12.4 Å². The Morgan fingerprint density at radius 3 is 2.83 bits per heavy atom. The Kier molecular flexibility index (Phi) is 4.38. The molecular weight excluding hydrogens is 478 g/mol. The van der Waals surface area contributed by atoms with Gasteiger partial charge in [-0.25, -0.2) is 4.99 Å². The van der Waals surface area contributed by atoms with Crippen LogP contribution < -0.4 is 16.2 Å². The number of fused-ring (bicyclic) bond motifs is 4. The minimum Gasteiger partial charge on any atom is -0.504 e. The van der Waals surface area contributed by atoms with Crippen LogP contribution in [-0.4, -0.2) is 50.8 Å². The molecule has 3 heterocycles. The first-order valence-corrected chi connectivity index (χ1v) is 12.6. The SMILES string of the molecule is Cl.NC(N)=Nc1ccc2c3c([nH]c2c1)[C@@H]1Oc2c(O)ccc4c2[C@@]12CCN(CC1CC1)[C@H](C4)[C@]2(O)C3. The Hall–Kier alpha value is -2.94. The molecule has 3 aromatic rings. The minimum absolute atomic E-state index is 0. The van der Waals surface area contributed by atoms with E-state index < -0.39 is 11.0 Å². The number of aromatic nitrogens is 1. The summed E-state index contributed by atoms with van der Waals surface area (Å²) in [7, 11) is 0. The molecule has 1 spiro atoms. The number of aromatic amines is 1. The third-order valence-electron chi connectivity index (χ3n) is 9.40. The summed E-state index contributed by atoms with van der Waals surface area (Å²) in [5, 5.41) is 24.7. The summed E-state index contributed by atoms with van der Waals surface area (Å²) >= 11 is 0. The van der Waals surface area contributed by atoms with E-state index in [1.54, 1.807) is 6.07 Å². The van der Waals surface area contributed by atoms with Crippen molar-refractivity contribution in [3.8, 4) is 11.5 Å². The lowest BCUT2D eigenvalue weighted by Crippen LogP contribution is -2.74. The number of nitrogens with two attached hydrogens (primary N) is 2. The zero-order valence-electron chi connectivity index (χ0n) is 19.8. The molecule has 1 saturated heterocycles. The van der Waals surface area contributed by atoms with Crippen molar-refractivity contribution in [1.29, 1.82) is 0 Å². The van der Waals surface area contributed by atoms with Crippen LogP contribution in [0.3, 0.4) is 0 Å². The average molecular weight is 508 g/mol. The highest BCUT2D eigenvalue weighted by Crippen LogP contribution is 2.69. The summed E-state index contributed by atoms with van der Waals surface area (Å²) < 4.78 is 6.63. The second-order valence-electron chi connectivity index (χ2n) is 11.2. The molecule has 5 aliphatic rings. The van der Waals surface area contributed by atoms with E-state index in [2.05, 4.69) is 14.9 Å². The molecule has 1 aromatic heterocycles. The van der Waals surface area contributed by atoms with Crippen molar-refractivity contribution < 1.29 is 14.9 Å². The fourth-order valence-electron chi connectivity index (χ4n) is 7.84. The van der Waals surface area contributed by atoms with Gasteiger partial charge in [0.25, 0.3) is 0 Å². The molecule has 188 valence electrons. The average Bonchev–Trinajstić information content (AvgIpc) is 3.45. The number of H-pyrrole nitrogens is 1. The van der Waals surface area contributed by atoms with Gasteiger partial charge in [0.2, 0.25) is 0 Å². The lowest BCUT2D eigenvalue weighted by Gasteiger charge is -2.62. The molecule has 2 fully saturated rings. The number of halogens is 1. The fraction of sp³-hybridized carbons (Fsp3) is 0.444. The number of aromatic hydroxyl groups is 1. The van der Waals surface area contributed by atoms with E-state index in [0.29, 0.717) is 17.9 Å². The van der Waals surface area contributed by atoms with E-state index >= 15 is 0 Å². The van der Waals surface area contributed by atoms with Crippen molar-refractivity contribution in [1.82, 2.24) is 9.88 Å². The monoisotopic (exact) mass is 507 g/mol. The summed E-state index contributed by atoms with van der Waals surface area (Å²) in [6, 6.07) is 9.68. The lowest BCUT2D eigenvalue weighted by atomic mass is 9.49. The molecule has 8 nitrogen and oxygen atoms in total. The maximum atomic E-state index is 12.8. The number of phenols is 1. The molecule has 7 N–H and O–H groups in total. The van der Waals surface area contributed by atoms with Gasteiger partial charge in [-0.05, 0) is 67.5 Å². The second-order valence-corrected chi connectivity index (χ2v) is 11.2. The van der Waals surface area contributed by atoms with Gasteiger partial charge in [0.05, 0.1) is 22.4 Å². The van der Waals surface area contributed by atoms with Gasteiger partial charge >= 0.3 is 0 Å². The van der Waals surface area contributed by atoms with Crippen LogP contribution in [0.1, 0.15) is 47.8 Å². The predicted molar refractivity (Wildman–Crippen MR) is 139 cm³/mol. The van der Waals surface area contributed by atoms with Crippen molar-refractivity contribution in [2.24, 2.45) is 22.4 Å². The molecule has 2 bridgehead atoms. The highest BCUT2D eigenvalue weighted by Gasteiger charge is 2.72. The van der Waals surface area contributed by atoms with Crippen LogP contribution in [0.2, 0.25) is 0 Å². The number of rotatable bonds is 3. The Bertz CT molecular complexity index is 1460. The molecule has 4 atom stereocenters. The number of phenolic OH excluding ortho intramolecular Hbond substituents is 1. The van der Waals surface area contributed by atoms with E-state index in [-0.39, 0.29) is 36.3 Å². The summed E-state index contributed by atoms with van der Waals surface area (Å²) in [5.41, 5.74) is 15.5. The maximum Gasteiger partial charge on any atom is 0.191 e. The number of nitrogens with one attached hydrogen (secondary N) is 1. The molecular formula is C27H30ClN5O3. The van der Waals surface area contributed by atoms with Crippen molar-refractivity contribution in [3.05, 3.63) is 52.7 Å². The van der Waals surface area contributed by atoms with E-state index in [1.165, 1.54) is 18.4 Å². The van der Waals surface area contributed by atoms with E-state index in [0.717, 1.165) is 59.6 Å². The van der Waals surface area contributed by atoms with Gasteiger partial charge in [-0.1, -0.05) is 12.1 Å². The Morgan fingerprint density at radius 2 is 2.06 bits per heavy atom. The first-order valence-electron chi connectivity index (χ1n) is 12.6. The normalized spacial score (nSPS) is 31.2. The Labute approximate surface area is 214 Å². The van der Waals surface area contributed by atoms with Crippen LogP contribution in [0.25, 0.3) is 10.9 Å². The first-order chi connectivity index (χ1) is 16.9. The van der Waals surface area contributed by atoms with E-state index in [1.807, 2.05) is 24.3 Å². The van der Waals surface area contributed by atoms with Gasteiger partial charge < -0.3 is 31.4 Å². The quantitative estimate of drug-likeness (QED) is 0.273. The van der Waals surface area contributed by atoms with Gasteiger partial charge in [0.1, 0.15) is 0 Å². The van der Waals surface area contributed by atoms with Crippen LogP contribution in [0.5, 0.6) is 11.5 Å². The largest absolute Gasteiger partial charge is 0.504 e. The fourth-order valence-corrected chi connectivity index (χ4v) is 7.84. The van der Waals surface area contributed by atoms with Crippen molar-refractivity contribution in [2.45, 2.75) is 55.3 Å². The number of hydrogen-bond donors (Lipinski definition) is 5. The summed E-state index contributed by atoms with van der Waals surface area (Å²) in [6.45, 7) is 1.99.